The predicted molar refractivity (Wildman–Crippen MR) is 55.0 cm³/mol. The first-order valence-corrected chi connectivity index (χ1v) is 6.12. The molecule has 0 spiro atoms. The van der Waals surface area contributed by atoms with E-state index in [1.165, 1.54) is 12.1 Å². The fourth-order valence-electron chi connectivity index (χ4n) is 1.09. The Morgan fingerprint density at radius 3 is 2.33 bits per heavy atom. The average Bonchev–Trinajstić information content (AvgIpc) is 2.27. The molecule has 0 bridgehead atoms. The topological polar surface area (TPSA) is 60.4 Å². The standard InChI is InChI=1S/C10H12O4S/c1-2-15(12,13)10-5-3-9(4-6-10)7-14-8-11/h3-6,8H,2,7H2,1H3. The summed E-state index contributed by atoms with van der Waals surface area (Å²) < 4.78 is 27.4. The van der Waals surface area contributed by atoms with E-state index in [-0.39, 0.29) is 12.4 Å². The number of rotatable bonds is 5. The lowest BCUT2D eigenvalue weighted by Crippen LogP contribution is -2.03. The van der Waals surface area contributed by atoms with Gasteiger partial charge in [0.25, 0.3) is 6.47 Å². The highest BCUT2D eigenvalue weighted by atomic mass is 32.2. The molecule has 0 saturated carbocycles. The zero-order chi connectivity index (χ0) is 11.3. The van der Waals surface area contributed by atoms with Crippen LogP contribution in [0.1, 0.15) is 12.5 Å². The van der Waals surface area contributed by atoms with Gasteiger partial charge in [0, 0.05) is 0 Å². The van der Waals surface area contributed by atoms with E-state index in [9.17, 15) is 13.2 Å². The van der Waals surface area contributed by atoms with Crippen molar-refractivity contribution in [3.05, 3.63) is 29.8 Å². The van der Waals surface area contributed by atoms with Gasteiger partial charge in [-0.25, -0.2) is 8.42 Å². The van der Waals surface area contributed by atoms with Gasteiger partial charge >= 0.3 is 0 Å². The largest absolute Gasteiger partial charge is 0.463 e. The van der Waals surface area contributed by atoms with Crippen LogP contribution in [0.3, 0.4) is 0 Å². The molecule has 0 N–H and O–H groups in total. The van der Waals surface area contributed by atoms with E-state index in [1.54, 1.807) is 19.1 Å². The maximum absolute atomic E-state index is 11.4. The third-order valence-electron chi connectivity index (χ3n) is 1.98. The van der Waals surface area contributed by atoms with Crippen LogP contribution in [0.15, 0.2) is 29.2 Å². The quantitative estimate of drug-likeness (QED) is 0.709. The first-order valence-electron chi connectivity index (χ1n) is 4.47. The monoisotopic (exact) mass is 228 g/mol. The molecule has 4 nitrogen and oxygen atoms in total. The van der Waals surface area contributed by atoms with Gasteiger partial charge in [0.2, 0.25) is 0 Å². The molecule has 0 fully saturated rings. The Bertz CT molecular complexity index is 419. The minimum Gasteiger partial charge on any atom is -0.463 e. The smallest absolute Gasteiger partial charge is 0.293 e. The van der Waals surface area contributed by atoms with Crippen molar-refractivity contribution in [1.29, 1.82) is 0 Å². The molecular weight excluding hydrogens is 216 g/mol. The van der Waals surface area contributed by atoms with Crippen molar-refractivity contribution in [3.63, 3.8) is 0 Å². The Kier molecular flexibility index (Phi) is 3.85. The van der Waals surface area contributed by atoms with Crippen LogP contribution in [0.25, 0.3) is 0 Å². The molecule has 0 aliphatic heterocycles. The van der Waals surface area contributed by atoms with Gasteiger partial charge in [-0.3, -0.25) is 4.79 Å². The van der Waals surface area contributed by atoms with Gasteiger partial charge in [0.1, 0.15) is 6.61 Å². The molecule has 1 aromatic carbocycles. The van der Waals surface area contributed by atoms with Gasteiger partial charge < -0.3 is 4.74 Å². The average molecular weight is 228 g/mol. The van der Waals surface area contributed by atoms with Crippen molar-refractivity contribution in [2.45, 2.75) is 18.4 Å². The van der Waals surface area contributed by atoms with Crippen LogP contribution in [0, 0.1) is 0 Å². The van der Waals surface area contributed by atoms with E-state index in [2.05, 4.69) is 4.74 Å². The number of hydrogen-bond acceptors (Lipinski definition) is 4. The van der Waals surface area contributed by atoms with Crippen molar-refractivity contribution < 1.29 is 17.9 Å². The molecule has 0 radical (unpaired) electrons. The number of benzene rings is 1. The SMILES string of the molecule is CCS(=O)(=O)c1ccc(COC=O)cc1. The Labute approximate surface area is 88.8 Å². The summed E-state index contributed by atoms with van der Waals surface area (Å²) in [4.78, 5) is 10.2. The van der Waals surface area contributed by atoms with E-state index >= 15 is 0 Å². The molecule has 0 unspecified atom stereocenters. The second-order valence-electron chi connectivity index (χ2n) is 2.95. The third-order valence-corrected chi connectivity index (χ3v) is 3.73. The van der Waals surface area contributed by atoms with E-state index < -0.39 is 9.84 Å². The number of carbonyl (C=O) groups excluding carboxylic acids is 1. The van der Waals surface area contributed by atoms with Gasteiger partial charge in [-0.05, 0) is 17.7 Å². The van der Waals surface area contributed by atoms with Crippen LogP contribution < -0.4 is 0 Å². The lowest BCUT2D eigenvalue weighted by Gasteiger charge is -2.03. The molecule has 1 rings (SSSR count). The van der Waals surface area contributed by atoms with Gasteiger partial charge in [0.05, 0.1) is 10.6 Å². The molecular formula is C10H12O4S. The van der Waals surface area contributed by atoms with E-state index in [4.69, 9.17) is 0 Å². The summed E-state index contributed by atoms with van der Waals surface area (Å²) in [6.45, 7) is 2.12. The van der Waals surface area contributed by atoms with Gasteiger partial charge in [0.15, 0.2) is 9.84 Å². The van der Waals surface area contributed by atoms with Gasteiger partial charge in [-0.15, -0.1) is 0 Å². The summed E-state index contributed by atoms with van der Waals surface area (Å²) >= 11 is 0. The molecule has 1 aromatic rings. The fraction of sp³-hybridized carbons (Fsp3) is 0.300. The second kappa shape index (κ2) is 4.93. The predicted octanol–water partition coefficient (Wildman–Crippen LogP) is 1.15. The Balaban J connectivity index is 2.85. The first kappa shape index (κ1) is 11.7. The molecule has 5 heteroatoms. The van der Waals surface area contributed by atoms with Crippen molar-refractivity contribution in [2.24, 2.45) is 0 Å². The lowest BCUT2D eigenvalue weighted by atomic mass is 10.2. The van der Waals surface area contributed by atoms with E-state index in [0.717, 1.165) is 5.56 Å². The van der Waals surface area contributed by atoms with Crippen LogP contribution in [0.4, 0.5) is 0 Å². The molecule has 0 heterocycles. The first-order chi connectivity index (χ1) is 7.10. The van der Waals surface area contributed by atoms with Gasteiger partial charge in [-0.2, -0.15) is 0 Å². The summed E-state index contributed by atoms with van der Waals surface area (Å²) in [5.74, 6) is 0.0805. The van der Waals surface area contributed by atoms with Crippen molar-refractivity contribution in [2.75, 3.05) is 5.75 Å². The summed E-state index contributed by atoms with van der Waals surface area (Å²) in [7, 11) is -3.15. The maximum atomic E-state index is 11.4. The Morgan fingerprint density at radius 2 is 1.87 bits per heavy atom. The minimum absolute atomic E-state index is 0.0805. The highest BCUT2D eigenvalue weighted by molar-refractivity contribution is 7.91. The second-order valence-corrected chi connectivity index (χ2v) is 5.23. The summed E-state index contributed by atoms with van der Waals surface area (Å²) in [5, 5.41) is 0. The number of ether oxygens (including phenoxy) is 1. The summed E-state index contributed by atoms with van der Waals surface area (Å²) in [6, 6.07) is 6.29. The van der Waals surface area contributed by atoms with Crippen molar-refractivity contribution in [3.8, 4) is 0 Å². The number of sulfone groups is 1. The van der Waals surface area contributed by atoms with Crippen molar-refractivity contribution in [1.82, 2.24) is 0 Å². The van der Waals surface area contributed by atoms with Crippen LogP contribution in [0.5, 0.6) is 0 Å². The van der Waals surface area contributed by atoms with Crippen LogP contribution in [0.2, 0.25) is 0 Å². The summed E-state index contributed by atoms with van der Waals surface area (Å²) in [6.07, 6.45) is 0. The van der Waals surface area contributed by atoms with Gasteiger partial charge in [-0.1, -0.05) is 19.1 Å². The minimum atomic E-state index is -3.15. The summed E-state index contributed by atoms with van der Waals surface area (Å²) in [5.41, 5.74) is 0.761. The molecule has 15 heavy (non-hydrogen) atoms. The Hall–Kier alpha value is -1.36. The molecule has 0 aliphatic rings. The zero-order valence-corrected chi connectivity index (χ0v) is 9.16. The Morgan fingerprint density at radius 1 is 1.27 bits per heavy atom. The highest BCUT2D eigenvalue weighted by Gasteiger charge is 2.10. The molecule has 0 aliphatic carbocycles. The fourth-order valence-corrected chi connectivity index (χ4v) is 1.97. The highest BCUT2D eigenvalue weighted by Crippen LogP contribution is 2.12. The maximum Gasteiger partial charge on any atom is 0.293 e. The zero-order valence-electron chi connectivity index (χ0n) is 8.34. The lowest BCUT2D eigenvalue weighted by molar-refractivity contribution is -0.129. The van der Waals surface area contributed by atoms with Crippen LogP contribution in [-0.4, -0.2) is 20.6 Å². The number of carbonyl (C=O) groups is 1. The molecule has 0 aromatic heterocycles. The van der Waals surface area contributed by atoms with E-state index in [1.807, 2.05) is 0 Å². The van der Waals surface area contributed by atoms with Crippen LogP contribution >= 0.6 is 0 Å². The third kappa shape index (κ3) is 3.06. The molecule has 82 valence electrons. The van der Waals surface area contributed by atoms with E-state index in [0.29, 0.717) is 11.4 Å². The van der Waals surface area contributed by atoms with Crippen molar-refractivity contribution >= 4 is 16.3 Å². The molecule has 0 saturated heterocycles. The van der Waals surface area contributed by atoms with Crippen LogP contribution in [-0.2, 0) is 26.0 Å². The number of hydrogen-bond donors (Lipinski definition) is 0. The molecule has 0 amide bonds. The molecule has 0 atom stereocenters. The normalized spacial score (nSPS) is 11.0.